The van der Waals surface area contributed by atoms with Gasteiger partial charge in [-0.05, 0) is 26.2 Å². The second-order valence-corrected chi connectivity index (χ2v) is 5.06. The predicted octanol–water partition coefficient (Wildman–Crippen LogP) is 1.73. The van der Waals surface area contributed by atoms with Crippen LogP contribution in [0.4, 0.5) is 4.79 Å². The zero-order valence-corrected chi connectivity index (χ0v) is 9.87. The minimum atomic E-state index is -0.712. The zero-order chi connectivity index (χ0) is 11.6. The molecule has 1 saturated heterocycles. The van der Waals surface area contributed by atoms with Crippen LogP contribution in [0.25, 0.3) is 0 Å². The summed E-state index contributed by atoms with van der Waals surface area (Å²) >= 11 is 0. The van der Waals surface area contributed by atoms with Crippen molar-refractivity contribution in [3.8, 4) is 6.07 Å². The molecule has 4 heteroatoms. The Bertz CT molecular complexity index is 291. The van der Waals surface area contributed by atoms with E-state index >= 15 is 0 Å². The molecule has 0 aromatic carbocycles. The van der Waals surface area contributed by atoms with Crippen molar-refractivity contribution in [1.82, 2.24) is 10.2 Å². The number of nitriles is 1. The van der Waals surface area contributed by atoms with E-state index in [0.29, 0.717) is 12.5 Å². The molecule has 1 fully saturated rings. The molecule has 1 heterocycles. The van der Waals surface area contributed by atoms with Crippen molar-refractivity contribution < 1.29 is 4.79 Å². The minimum Gasteiger partial charge on any atom is -0.333 e. The standard InChI is InChI=1S/C11H19N3O/c1-8(2)5-9-6-14(10(15)13-9)11(3,4)7-12/h8-9H,5-6H2,1-4H3,(H,13,15). The highest BCUT2D eigenvalue weighted by Crippen LogP contribution is 2.20. The van der Waals surface area contributed by atoms with Crippen molar-refractivity contribution in [2.24, 2.45) is 5.92 Å². The van der Waals surface area contributed by atoms with Crippen molar-refractivity contribution in [1.29, 1.82) is 5.26 Å². The summed E-state index contributed by atoms with van der Waals surface area (Å²) in [7, 11) is 0. The Labute approximate surface area is 91.2 Å². The third-order valence-corrected chi connectivity index (χ3v) is 2.68. The normalized spacial score (nSPS) is 21.7. The summed E-state index contributed by atoms with van der Waals surface area (Å²) < 4.78 is 0. The summed E-state index contributed by atoms with van der Waals surface area (Å²) in [6.45, 7) is 8.43. The first-order chi connectivity index (χ1) is 6.86. The van der Waals surface area contributed by atoms with Gasteiger partial charge in [-0.1, -0.05) is 13.8 Å². The van der Waals surface area contributed by atoms with E-state index in [1.165, 1.54) is 0 Å². The van der Waals surface area contributed by atoms with E-state index < -0.39 is 5.54 Å². The zero-order valence-electron chi connectivity index (χ0n) is 9.87. The minimum absolute atomic E-state index is 0.118. The smallest absolute Gasteiger partial charge is 0.319 e. The van der Waals surface area contributed by atoms with Gasteiger partial charge in [0.1, 0.15) is 5.54 Å². The number of carbonyl (C=O) groups is 1. The molecule has 0 saturated carbocycles. The molecule has 1 unspecified atom stereocenters. The molecule has 1 atom stereocenters. The highest BCUT2D eigenvalue weighted by atomic mass is 16.2. The monoisotopic (exact) mass is 209 g/mol. The topological polar surface area (TPSA) is 56.1 Å². The van der Waals surface area contributed by atoms with E-state index in [0.717, 1.165) is 6.42 Å². The van der Waals surface area contributed by atoms with Crippen LogP contribution in [0.3, 0.4) is 0 Å². The lowest BCUT2D eigenvalue weighted by Gasteiger charge is -2.27. The molecule has 1 N–H and O–H groups in total. The summed E-state index contributed by atoms with van der Waals surface area (Å²) in [6.07, 6.45) is 0.962. The van der Waals surface area contributed by atoms with Crippen LogP contribution >= 0.6 is 0 Å². The highest BCUT2D eigenvalue weighted by Gasteiger charge is 2.38. The molecule has 2 amide bonds. The first-order valence-electron chi connectivity index (χ1n) is 5.36. The summed E-state index contributed by atoms with van der Waals surface area (Å²) in [5.74, 6) is 0.556. The molecule has 0 aliphatic carbocycles. The van der Waals surface area contributed by atoms with Crippen molar-refractivity contribution in [2.45, 2.75) is 45.7 Å². The van der Waals surface area contributed by atoms with E-state index in [1.807, 2.05) is 0 Å². The van der Waals surface area contributed by atoms with Gasteiger partial charge in [0.15, 0.2) is 0 Å². The van der Waals surface area contributed by atoms with Gasteiger partial charge in [0.2, 0.25) is 0 Å². The number of rotatable bonds is 3. The maximum atomic E-state index is 11.6. The average Bonchev–Trinajstić information content (AvgIpc) is 2.46. The van der Waals surface area contributed by atoms with Gasteiger partial charge < -0.3 is 10.2 Å². The van der Waals surface area contributed by atoms with Crippen molar-refractivity contribution in [2.75, 3.05) is 6.54 Å². The summed E-state index contributed by atoms with van der Waals surface area (Å²) in [6, 6.07) is 2.22. The molecule has 1 aliphatic rings. The lowest BCUT2D eigenvalue weighted by molar-refractivity contribution is 0.185. The van der Waals surface area contributed by atoms with Gasteiger partial charge in [-0.3, -0.25) is 0 Å². The maximum Gasteiger partial charge on any atom is 0.319 e. The van der Waals surface area contributed by atoms with Crippen LogP contribution in [0, 0.1) is 17.2 Å². The average molecular weight is 209 g/mol. The molecule has 0 aromatic rings. The number of hydrogen-bond acceptors (Lipinski definition) is 2. The van der Waals surface area contributed by atoms with E-state index in [2.05, 4.69) is 25.2 Å². The van der Waals surface area contributed by atoms with Crippen LogP contribution in [-0.2, 0) is 0 Å². The van der Waals surface area contributed by atoms with Gasteiger partial charge >= 0.3 is 6.03 Å². The van der Waals surface area contributed by atoms with Crippen LogP contribution in [0.1, 0.15) is 34.1 Å². The molecule has 15 heavy (non-hydrogen) atoms. The molecule has 1 aliphatic heterocycles. The van der Waals surface area contributed by atoms with Crippen LogP contribution in [0.5, 0.6) is 0 Å². The fraction of sp³-hybridized carbons (Fsp3) is 0.818. The quantitative estimate of drug-likeness (QED) is 0.769. The lowest BCUT2D eigenvalue weighted by Crippen LogP contribution is -2.44. The van der Waals surface area contributed by atoms with E-state index in [4.69, 9.17) is 5.26 Å². The number of carbonyl (C=O) groups excluding carboxylic acids is 1. The molecular weight excluding hydrogens is 190 g/mol. The second kappa shape index (κ2) is 4.09. The van der Waals surface area contributed by atoms with Crippen molar-refractivity contribution in [3.63, 3.8) is 0 Å². The number of hydrogen-bond donors (Lipinski definition) is 1. The Morgan fingerprint density at radius 2 is 2.27 bits per heavy atom. The molecule has 0 aromatic heterocycles. The Morgan fingerprint density at radius 1 is 1.67 bits per heavy atom. The Balaban J connectivity index is 2.66. The Morgan fingerprint density at radius 3 is 2.73 bits per heavy atom. The van der Waals surface area contributed by atoms with Crippen molar-refractivity contribution in [3.05, 3.63) is 0 Å². The van der Waals surface area contributed by atoms with Gasteiger partial charge in [-0.15, -0.1) is 0 Å². The Kier molecular flexibility index (Phi) is 3.23. The van der Waals surface area contributed by atoms with Crippen LogP contribution in [-0.4, -0.2) is 29.1 Å². The molecular formula is C11H19N3O. The van der Waals surface area contributed by atoms with Gasteiger partial charge in [0, 0.05) is 12.6 Å². The van der Waals surface area contributed by atoms with Crippen molar-refractivity contribution >= 4 is 6.03 Å². The van der Waals surface area contributed by atoms with Gasteiger partial charge in [0.25, 0.3) is 0 Å². The largest absolute Gasteiger partial charge is 0.333 e. The lowest BCUT2D eigenvalue weighted by atomic mass is 10.0. The molecule has 84 valence electrons. The van der Waals surface area contributed by atoms with E-state index in [-0.39, 0.29) is 12.1 Å². The number of nitrogens with zero attached hydrogens (tertiary/aromatic N) is 2. The fourth-order valence-corrected chi connectivity index (χ4v) is 1.85. The fourth-order valence-electron chi connectivity index (χ4n) is 1.85. The third-order valence-electron chi connectivity index (χ3n) is 2.68. The SMILES string of the molecule is CC(C)CC1CN(C(C)(C)C#N)C(=O)N1. The molecule has 0 bridgehead atoms. The number of urea groups is 1. The molecule has 0 radical (unpaired) electrons. The van der Waals surface area contributed by atoms with Gasteiger partial charge in [0.05, 0.1) is 6.07 Å². The third kappa shape index (κ3) is 2.62. The first-order valence-corrected chi connectivity index (χ1v) is 5.36. The van der Waals surface area contributed by atoms with Crippen LogP contribution < -0.4 is 5.32 Å². The van der Waals surface area contributed by atoms with E-state index in [9.17, 15) is 4.79 Å². The summed E-state index contributed by atoms with van der Waals surface area (Å²) in [5.41, 5.74) is -0.712. The van der Waals surface area contributed by atoms with Crippen LogP contribution in [0.2, 0.25) is 0 Å². The highest BCUT2D eigenvalue weighted by molar-refractivity contribution is 5.78. The number of nitrogens with one attached hydrogen (secondary N) is 1. The molecule has 0 spiro atoms. The summed E-state index contributed by atoms with van der Waals surface area (Å²) in [4.78, 5) is 13.2. The first kappa shape index (κ1) is 11.8. The predicted molar refractivity (Wildman–Crippen MR) is 58.2 cm³/mol. The molecule has 4 nitrogen and oxygen atoms in total. The number of amides is 2. The van der Waals surface area contributed by atoms with Gasteiger partial charge in [-0.2, -0.15) is 5.26 Å². The molecule has 1 rings (SSSR count). The Hall–Kier alpha value is -1.24. The van der Waals surface area contributed by atoms with Crippen LogP contribution in [0.15, 0.2) is 0 Å². The summed E-state index contributed by atoms with van der Waals surface area (Å²) in [5, 5.41) is 11.9. The second-order valence-electron chi connectivity index (χ2n) is 5.06. The maximum absolute atomic E-state index is 11.6. The van der Waals surface area contributed by atoms with E-state index in [1.54, 1.807) is 18.7 Å². The van der Waals surface area contributed by atoms with Gasteiger partial charge in [-0.25, -0.2) is 4.79 Å².